The number of hydroxylamine groups is 2. The third kappa shape index (κ3) is 3.94. The molecule has 20 heavy (non-hydrogen) atoms. The van der Waals surface area contributed by atoms with Gasteiger partial charge in [-0.25, -0.2) is 0 Å². The quantitative estimate of drug-likeness (QED) is 0.742. The van der Waals surface area contributed by atoms with E-state index in [4.69, 9.17) is 14.3 Å². The van der Waals surface area contributed by atoms with Gasteiger partial charge in [-0.1, -0.05) is 20.8 Å². The first-order chi connectivity index (χ1) is 9.35. The second kappa shape index (κ2) is 6.30. The summed E-state index contributed by atoms with van der Waals surface area (Å²) in [6, 6.07) is 0. The summed E-state index contributed by atoms with van der Waals surface area (Å²) >= 11 is 0. The van der Waals surface area contributed by atoms with E-state index in [0.29, 0.717) is 5.41 Å². The van der Waals surface area contributed by atoms with Crippen LogP contribution in [-0.2, 0) is 14.3 Å². The normalized spacial score (nSPS) is 35.1. The summed E-state index contributed by atoms with van der Waals surface area (Å²) in [7, 11) is 3.64. The first-order valence-electron chi connectivity index (χ1n) is 7.92. The van der Waals surface area contributed by atoms with Crippen molar-refractivity contribution in [1.82, 2.24) is 5.06 Å². The summed E-state index contributed by atoms with van der Waals surface area (Å²) in [5.41, 5.74) is 0.404. The molecule has 0 N–H and O–H groups in total. The lowest BCUT2D eigenvalue weighted by atomic mass is 9.71. The lowest BCUT2D eigenvalue weighted by molar-refractivity contribution is -0.198. The average molecular weight is 285 g/mol. The standard InChI is InChI=1S/C16H31NO3/c1-15(2,3)13-6-9-16(10-7-13)19-12-14(20-16)8-11-17(4)18-5/h13-14H,6-12H2,1-5H3. The molecule has 1 aliphatic heterocycles. The molecule has 118 valence electrons. The van der Waals surface area contributed by atoms with E-state index in [1.54, 1.807) is 7.11 Å². The Kier molecular flexibility index (Phi) is 5.11. The van der Waals surface area contributed by atoms with Gasteiger partial charge in [0, 0.05) is 26.4 Å². The van der Waals surface area contributed by atoms with Gasteiger partial charge in [-0.3, -0.25) is 0 Å². The molecule has 1 saturated heterocycles. The van der Waals surface area contributed by atoms with Gasteiger partial charge in [0.2, 0.25) is 0 Å². The van der Waals surface area contributed by atoms with Gasteiger partial charge in [0.15, 0.2) is 5.79 Å². The summed E-state index contributed by atoms with van der Waals surface area (Å²) in [6.45, 7) is 8.64. The minimum Gasteiger partial charge on any atom is -0.347 e. The fourth-order valence-corrected chi connectivity index (χ4v) is 3.36. The van der Waals surface area contributed by atoms with Crippen LogP contribution in [0.5, 0.6) is 0 Å². The Balaban J connectivity index is 1.78. The molecule has 1 aliphatic carbocycles. The number of hydrogen-bond donors (Lipinski definition) is 0. The van der Waals surface area contributed by atoms with Crippen LogP contribution >= 0.6 is 0 Å². The second-order valence-electron chi connectivity index (χ2n) is 7.42. The zero-order valence-electron chi connectivity index (χ0n) is 13.8. The molecule has 2 aliphatic rings. The van der Waals surface area contributed by atoms with Crippen molar-refractivity contribution in [3.63, 3.8) is 0 Å². The summed E-state index contributed by atoms with van der Waals surface area (Å²) in [6.07, 6.45) is 5.72. The van der Waals surface area contributed by atoms with E-state index in [-0.39, 0.29) is 11.9 Å². The third-order valence-electron chi connectivity index (χ3n) is 4.96. The molecule has 4 nitrogen and oxygen atoms in total. The molecule has 1 heterocycles. The highest BCUT2D eigenvalue weighted by Gasteiger charge is 2.45. The molecule has 1 saturated carbocycles. The van der Waals surface area contributed by atoms with Crippen molar-refractivity contribution in [1.29, 1.82) is 0 Å². The lowest BCUT2D eigenvalue weighted by Crippen LogP contribution is -2.39. The van der Waals surface area contributed by atoms with E-state index in [9.17, 15) is 0 Å². The first kappa shape index (κ1) is 16.2. The van der Waals surface area contributed by atoms with Gasteiger partial charge in [-0.2, -0.15) is 5.06 Å². The molecule has 1 spiro atoms. The SMILES string of the molecule is CON(C)CCC1COC2(CCC(C(C)(C)C)CC2)O1. The van der Waals surface area contributed by atoms with Gasteiger partial charge in [0.05, 0.1) is 19.8 Å². The molecule has 0 radical (unpaired) electrons. The van der Waals surface area contributed by atoms with Crippen molar-refractivity contribution in [2.75, 3.05) is 27.3 Å². The molecule has 2 rings (SSSR count). The maximum atomic E-state index is 6.24. The van der Waals surface area contributed by atoms with Gasteiger partial charge in [-0.05, 0) is 30.6 Å². The molecule has 0 amide bonds. The van der Waals surface area contributed by atoms with Gasteiger partial charge in [0.25, 0.3) is 0 Å². The fraction of sp³-hybridized carbons (Fsp3) is 1.00. The molecule has 2 fully saturated rings. The van der Waals surface area contributed by atoms with Crippen LogP contribution in [0.25, 0.3) is 0 Å². The number of ether oxygens (including phenoxy) is 2. The van der Waals surface area contributed by atoms with Gasteiger partial charge in [-0.15, -0.1) is 0 Å². The topological polar surface area (TPSA) is 30.9 Å². The Morgan fingerprint density at radius 3 is 2.45 bits per heavy atom. The van der Waals surface area contributed by atoms with Crippen LogP contribution < -0.4 is 0 Å². The van der Waals surface area contributed by atoms with Gasteiger partial charge < -0.3 is 14.3 Å². The predicted molar refractivity (Wildman–Crippen MR) is 79.2 cm³/mol. The van der Waals surface area contributed by atoms with E-state index in [1.165, 1.54) is 12.8 Å². The molecule has 4 heteroatoms. The lowest BCUT2D eigenvalue weighted by Gasteiger charge is -2.41. The smallest absolute Gasteiger partial charge is 0.168 e. The van der Waals surface area contributed by atoms with Crippen LogP contribution in [0.3, 0.4) is 0 Å². The second-order valence-corrected chi connectivity index (χ2v) is 7.42. The van der Waals surface area contributed by atoms with Crippen molar-refractivity contribution < 1.29 is 14.3 Å². The molecule has 1 atom stereocenters. The minimum atomic E-state index is -0.280. The summed E-state index contributed by atoms with van der Waals surface area (Å²) in [4.78, 5) is 5.14. The molecule has 1 unspecified atom stereocenters. The number of hydrogen-bond acceptors (Lipinski definition) is 4. The van der Waals surface area contributed by atoms with Crippen molar-refractivity contribution in [3.05, 3.63) is 0 Å². The number of rotatable bonds is 4. The van der Waals surface area contributed by atoms with Crippen LogP contribution in [0.2, 0.25) is 0 Å². The molecule has 0 aromatic carbocycles. The van der Waals surface area contributed by atoms with Crippen molar-refractivity contribution in [2.24, 2.45) is 11.3 Å². The number of nitrogens with zero attached hydrogens (tertiary/aromatic N) is 1. The van der Waals surface area contributed by atoms with Crippen molar-refractivity contribution >= 4 is 0 Å². The highest BCUT2D eigenvalue weighted by Crippen LogP contribution is 2.45. The predicted octanol–water partition coefficient (Wildman–Crippen LogP) is 3.22. The van der Waals surface area contributed by atoms with Gasteiger partial charge >= 0.3 is 0 Å². The highest BCUT2D eigenvalue weighted by molar-refractivity contribution is 4.88. The van der Waals surface area contributed by atoms with Crippen LogP contribution in [-0.4, -0.2) is 44.3 Å². The molecule has 0 bridgehead atoms. The monoisotopic (exact) mass is 285 g/mol. The summed E-state index contributed by atoms with van der Waals surface area (Å²) in [5, 5.41) is 1.84. The Labute approximate surface area is 123 Å². The average Bonchev–Trinajstić information content (AvgIpc) is 2.78. The zero-order valence-corrected chi connectivity index (χ0v) is 13.8. The third-order valence-corrected chi connectivity index (χ3v) is 4.96. The Bertz CT molecular complexity index is 305. The zero-order chi connectivity index (χ0) is 14.8. The highest BCUT2D eigenvalue weighted by atomic mass is 16.7. The van der Waals surface area contributed by atoms with Crippen LogP contribution in [0.1, 0.15) is 52.9 Å². The van der Waals surface area contributed by atoms with Crippen molar-refractivity contribution in [3.8, 4) is 0 Å². The largest absolute Gasteiger partial charge is 0.347 e. The van der Waals surface area contributed by atoms with E-state index in [1.807, 2.05) is 12.1 Å². The molecular weight excluding hydrogens is 254 g/mol. The van der Waals surface area contributed by atoms with E-state index < -0.39 is 0 Å². The molecule has 0 aromatic heterocycles. The van der Waals surface area contributed by atoms with Crippen LogP contribution in [0, 0.1) is 11.3 Å². The van der Waals surface area contributed by atoms with E-state index in [2.05, 4.69) is 20.8 Å². The minimum absolute atomic E-state index is 0.221. The fourth-order valence-electron chi connectivity index (χ4n) is 3.36. The van der Waals surface area contributed by atoms with E-state index >= 15 is 0 Å². The van der Waals surface area contributed by atoms with Crippen molar-refractivity contribution in [2.45, 2.75) is 64.8 Å². The van der Waals surface area contributed by atoms with Gasteiger partial charge in [0.1, 0.15) is 0 Å². The maximum Gasteiger partial charge on any atom is 0.168 e. The Morgan fingerprint density at radius 1 is 1.25 bits per heavy atom. The summed E-state index contributed by atoms with van der Waals surface area (Å²) < 4.78 is 12.3. The molecular formula is C16H31NO3. The van der Waals surface area contributed by atoms with Crippen LogP contribution in [0.4, 0.5) is 0 Å². The molecule has 0 aromatic rings. The Morgan fingerprint density at radius 2 is 1.90 bits per heavy atom. The first-order valence-corrected chi connectivity index (χ1v) is 7.92. The Hall–Kier alpha value is -0.160. The van der Waals surface area contributed by atoms with Crippen LogP contribution in [0.15, 0.2) is 0 Å². The summed E-state index contributed by atoms with van der Waals surface area (Å²) in [5.74, 6) is 0.511. The maximum absolute atomic E-state index is 6.24. The van der Waals surface area contributed by atoms with E-state index in [0.717, 1.165) is 38.3 Å².